The molecule has 6 heteroatoms. The number of amides is 1. The smallest absolute Gasteiger partial charge is 0.407 e. The van der Waals surface area contributed by atoms with Crippen LogP contribution < -0.4 is 10.6 Å². The highest BCUT2D eigenvalue weighted by Gasteiger charge is 2.34. The molecule has 130 valence electrons. The summed E-state index contributed by atoms with van der Waals surface area (Å²) < 4.78 is 5.09. The Hall–Kier alpha value is -2.21. The lowest BCUT2D eigenvalue weighted by Gasteiger charge is -2.09. The van der Waals surface area contributed by atoms with Crippen LogP contribution in [0.5, 0.6) is 0 Å². The minimum Gasteiger partial charge on any atom is -0.445 e. The van der Waals surface area contributed by atoms with Crippen molar-refractivity contribution in [3.05, 3.63) is 35.9 Å². The summed E-state index contributed by atoms with van der Waals surface area (Å²) in [6.45, 7) is 3.08. The molecule has 1 saturated heterocycles. The number of rotatable bonds is 8. The van der Waals surface area contributed by atoms with Gasteiger partial charge >= 0.3 is 6.09 Å². The van der Waals surface area contributed by atoms with Crippen molar-refractivity contribution >= 4 is 17.7 Å². The average molecular weight is 332 g/mol. The standard InChI is InChI=1S/C18H24N2O4/c1-13-11-20-16(17(13)22)15(21)9-5-6-10-19-18(23)24-12-14-7-3-2-4-8-14/h2-4,7-8,13,16,20H,5-6,9-12H2,1H3,(H,19,23)/t13?,16-/m1/s1. The van der Waals surface area contributed by atoms with E-state index < -0.39 is 12.1 Å². The molecule has 2 N–H and O–H groups in total. The molecular formula is C18H24N2O4. The molecule has 6 nitrogen and oxygen atoms in total. The first-order chi connectivity index (χ1) is 11.6. The zero-order valence-electron chi connectivity index (χ0n) is 13.9. The lowest BCUT2D eigenvalue weighted by atomic mass is 10.00. The van der Waals surface area contributed by atoms with Crippen LogP contribution >= 0.6 is 0 Å². The zero-order valence-corrected chi connectivity index (χ0v) is 13.9. The lowest BCUT2D eigenvalue weighted by Crippen LogP contribution is -2.36. The fraction of sp³-hybridized carbons (Fsp3) is 0.500. The van der Waals surface area contributed by atoms with Gasteiger partial charge in [-0.25, -0.2) is 4.79 Å². The molecule has 1 aromatic rings. The maximum Gasteiger partial charge on any atom is 0.407 e. The van der Waals surface area contributed by atoms with Gasteiger partial charge in [-0.2, -0.15) is 0 Å². The Morgan fingerprint density at radius 1 is 1.25 bits per heavy atom. The molecular weight excluding hydrogens is 308 g/mol. The van der Waals surface area contributed by atoms with Crippen LogP contribution in [-0.2, 0) is 20.9 Å². The number of ether oxygens (including phenoxy) is 1. The van der Waals surface area contributed by atoms with Crippen LogP contribution in [0, 0.1) is 5.92 Å². The largest absolute Gasteiger partial charge is 0.445 e. The number of hydrogen-bond donors (Lipinski definition) is 2. The summed E-state index contributed by atoms with van der Waals surface area (Å²) in [5.41, 5.74) is 0.932. The summed E-state index contributed by atoms with van der Waals surface area (Å²) in [6.07, 6.45) is 1.18. The van der Waals surface area contributed by atoms with Gasteiger partial charge < -0.3 is 15.4 Å². The molecule has 0 aromatic heterocycles. The predicted octanol–water partition coefficient (Wildman–Crippen LogP) is 1.83. The zero-order chi connectivity index (χ0) is 17.4. The van der Waals surface area contributed by atoms with Crippen LogP contribution in [0.4, 0.5) is 4.79 Å². The van der Waals surface area contributed by atoms with Crippen molar-refractivity contribution < 1.29 is 19.1 Å². The van der Waals surface area contributed by atoms with Gasteiger partial charge in [-0.15, -0.1) is 0 Å². The van der Waals surface area contributed by atoms with E-state index in [1.807, 2.05) is 37.3 Å². The van der Waals surface area contributed by atoms with Crippen molar-refractivity contribution in [3.63, 3.8) is 0 Å². The molecule has 2 atom stereocenters. The van der Waals surface area contributed by atoms with Crippen molar-refractivity contribution in [2.45, 2.75) is 38.8 Å². The van der Waals surface area contributed by atoms with Gasteiger partial charge in [-0.05, 0) is 18.4 Å². The maximum absolute atomic E-state index is 12.0. The second-order valence-corrected chi connectivity index (χ2v) is 6.06. The number of alkyl carbamates (subject to hydrolysis) is 1. The summed E-state index contributed by atoms with van der Waals surface area (Å²) in [6, 6.07) is 8.82. The Bertz CT molecular complexity index is 574. The summed E-state index contributed by atoms with van der Waals surface area (Å²) in [5, 5.41) is 5.62. The van der Waals surface area contributed by atoms with Crippen molar-refractivity contribution in [2.24, 2.45) is 5.92 Å². The van der Waals surface area contributed by atoms with E-state index in [2.05, 4.69) is 10.6 Å². The van der Waals surface area contributed by atoms with Crippen molar-refractivity contribution in [2.75, 3.05) is 13.1 Å². The van der Waals surface area contributed by atoms with Crippen LogP contribution in [0.2, 0.25) is 0 Å². The van der Waals surface area contributed by atoms with E-state index in [-0.39, 0.29) is 24.1 Å². The Labute approximate surface area is 142 Å². The Morgan fingerprint density at radius 2 is 2.00 bits per heavy atom. The summed E-state index contributed by atoms with van der Waals surface area (Å²) in [4.78, 5) is 35.3. The predicted molar refractivity (Wildman–Crippen MR) is 89.4 cm³/mol. The number of nitrogens with one attached hydrogen (secondary N) is 2. The molecule has 0 bridgehead atoms. The first kappa shape index (κ1) is 18.1. The van der Waals surface area contributed by atoms with E-state index >= 15 is 0 Å². The van der Waals surface area contributed by atoms with E-state index in [0.29, 0.717) is 32.4 Å². The van der Waals surface area contributed by atoms with Crippen molar-refractivity contribution in [1.29, 1.82) is 0 Å². The highest BCUT2D eigenvalue weighted by atomic mass is 16.5. The monoisotopic (exact) mass is 332 g/mol. The number of unbranched alkanes of at least 4 members (excludes halogenated alkanes) is 1. The van der Waals surface area contributed by atoms with Crippen LogP contribution in [-0.4, -0.2) is 36.8 Å². The SMILES string of the molecule is CC1CN[C@H](C(=O)CCCCNC(=O)OCc2ccccc2)C1=O. The molecule has 1 aliphatic rings. The second-order valence-electron chi connectivity index (χ2n) is 6.06. The normalized spacial score (nSPS) is 20.0. The molecule has 0 spiro atoms. The fourth-order valence-electron chi connectivity index (χ4n) is 2.59. The molecule has 1 unspecified atom stereocenters. The molecule has 1 aliphatic heterocycles. The van der Waals surface area contributed by atoms with E-state index in [4.69, 9.17) is 4.74 Å². The van der Waals surface area contributed by atoms with Crippen LogP contribution in [0.15, 0.2) is 30.3 Å². The molecule has 0 saturated carbocycles. The van der Waals surface area contributed by atoms with E-state index in [9.17, 15) is 14.4 Å². The number of carbonyl (C=O) groups excluding carboxylic acids is 3. The average Bonchev–Trinajstić information content (AvgIpc) is 2.93. The first-order valence-corrected chi connectivity index (χ1v) is 8.32. The fourth-order valence-corrected chi connectivity index (χ4v) is 2.59. The molecule has 1 aromatic carbocycles. The number of carbonyl (C=O) groups is 3. The molecule has 24 heavy (non-hydrogen) atoms. The van der Waals surface area contributed by atoms with Crippen molar-refractivity contribution in [1.82, 2.24) is 10.6 Å². The lowest BCUT2D eigenvalue weighted by molar-refractivity contribution is -0.129. The minimum absolute atomic E-state index is 0.0115. The Balaban J connectivity index is 1.54. The Kier molecular flexibility index (Phi) is 6.93. The quantitative estimate of drug-likeness (QED) is 0.560. The van der Waals surface area contributed by atoms with Gasteiger partial charge in [0, 0.05) is 25.4 Å². The van der Waals surface area contributed by atoms with Gasteiger partial charge in [-0.3, -0.25) is 9.59 Å². The van der Waals surface area contributed by atoms with Gasteiger partial charge in [0.25, 0.3) is 0 Å². The third kappa shape index (κ3) is 5.45. The van der Waals surface area contributed by atoms with E-state index in [0.717, 1.165) is 5.56 Å². The Morgan fingerprint density at radius 3 is 2.67 bits per heavy atom. The number of hydrogen-bond acceptors (Lipinski definition) is 5. The molecule has 1 heterocycles. The number of benzene rings is 1. The third-order valence-electron chi connectivity index (χ3n) is 4.05. The molecule has 2 rings (SSSR count). The molecule has 1 amide bonds. The first-order valence-electron chi connectivity index (χ1n) is 8.32. The van der Waals surface area contributed by atoms with Gasteiger partial charge in [0.05, 0.1) is 0 Å². The molecule has 0 aliphatic carbocycles. The maximum atomic E-state index is 12.0. The summed E-state index contributed by atoms with van der Waals surface area (Å²) in [5.74, 6) is -0.154. The van der Waals surface area contributed by atoms with E-state index in [1.165, 1.54) is 0 Å². The van der Waals surface area contributed by atoms with Gasteiger partial charge in [0.1, 0.15) is 12.6 Å². The summed E-state index contributed by atoms with van der Waals surface area (Å²) >= 11 is 0. The molecule has 0 radical (unpaired) electrons. The van der Waals surface area contributed by atoms with Gasteiger partial charge in [0.15, 0.2) is 11.6 Å². The van der Waals surface area contributed by atoms with Crippen LogP contribution in [0.1, 0.15) is 31.7 Å². The number of Topliss-reactive ketones (excluding diaryl/α,β-unsaturated/α-hetero) is 2. The van der Waals surface area contributed by atoms with E-state index in [1.54, 1.807) is 0 Å². The van der Waals surface area contributed by atoms with Crippen molar-refractivity contribution in [3.8, 4) is 0 Å². The summed E-state index contributed by atoms with van der Waals surface area (Å²) in [7, 11) is 0. The molecule has 1 fully saturated rings. The van der Waals surface area contributed by atoms with Crippen LogP contribution in [0.25, 0.3) is 0 Å². The van der Waals surface area contributed by atoms with Gasteiger partial charge in [-0.1, -0.05) is 37.3 Å². The topological polar surface area (TPSA) is 84.5 Å². The van der Waals surface area contributed by atoms with Crippen LogP contribution in [0.3, 0.4) is 0 Å². The highest BCUT2D eigenvalue weighted by molar-refractivity contribution is 6.08. The van der Waals surface area contributed by atoms with Gasteiger partial charge in [0.2, 0.25) is 0 Å². The third-order valence-corrected chi connectivity index (χ3v) is 4.05. The highest BCUT2D eigenvalue weighted by Crippen LogP contribution is 2.12. The number of ketones is 2. The minimum atomic E-state index is -0.635. The second kappa shape index (κ2) is 9.17.